The summed E-state index contributed by atoms with van der Waals surface area (Å²) in [6.45, 7) is 3.38. The number of likely N-dealkylation sites (tertiary alicyclic amines) is 1. The molecule has 1 aliphatic rings. The van der Waals surface area contributed by atoms with E-state index in [0.29, 0.717) is 33.9 Å². The van der Waals surface area contributed by atoms with Gasteiger partial charge >= 0.3 is 5.97 Å². The Morgan fingerprint density at radius 3 is 2.46 bits per heavy atom. The van der Waals surface area contributed by atoms with E-state index < -0.39 is 5.97 Å². The number of benzene rings is 2. The van der Waals surface area contributed by atoms with Crippen LogP contribution in [-0.4, -0.2) is 35.7 Å². The van der Waals surface area contributed by atoms with Crippen LogP contribution in [0.5, 0.6) is 5.75 Å². The minimum Gasteiger partial charge on any atom is -0.493 e. The lowest BCUT2D eigenvalue weighted by Gasteiger charge is -2.31. The number of hydrogen-bond donors (Lipinski definition) is 1. The Morgan fingerprint density at radius 1 is 1.12 bits per heavy atom. The average molecular weight is 394 g/mol. The van der Waals surface area contributed by atoms with Gasteiger partial charge in [0, 0.05) is 16.6 Å². The third-order valence-electron chi connectivity index (χ3n) is 4.61. The molecule has 6 heteroatoms. The van der Waals surface area contributed by atoms with Crippen LogP contribution >= 0.6 is 23.2 Å². The van der Waals surface area contributed by atoms with Crippen molar-refractivity contribution >= 4 is 29.2 Å². The Kier molecular flexibility index (Phi) is 6.41. The Hall–Kier alpha value is -1.75. The number of rotatable bonds is 6. The fourth-order valence-corrected chi connectivity index (χ4v) is 3.70. The first-order valence-electron chi connectivity index (χ1n) is 8.63. The van der Waals surface area contributed by atoms with Gasteiger partial charge in [0.2, 0.25) is 0 Å². The lowest BCUT2D eigenvalue weighted by molar-refractivity contribution is 0.0696. The first kappa shape index (κ1) is 19.0. The summed E-state index contributed by atoms with van der Waals surface area (Å²) in [5.41, 5.74) is 1.37. The van der Waals surface area contributed by atoms with Crippen LogP contribution < -0.4 is 4.74 Å². The van der Waals surface area contributed by atoms with Crippen molar-refractivity contribution in [2.75, 3.05) is 19.7 Å². The van der Waals surface area contributed by atoms with Gasteiger partial charge in [-0.2, -0.15) is 0 Å². The zero-order valence-corrected chi connectivity index (χ0v) is 15.8. The van der Waals surface area contributed by atoms with Gasteiger partial charge in [0.1, 0.15) is 5.75 Å². The van der Waals surface area contributed by atoms with Crippen LogP contribution in [0.2, 0.25) is 10.0 Å². The fraction of sp³-hybridized carbons (Fsp3) is 0.350. The quantitative estimate of drug-likeness (QED) is 0.751. The van der Waals surface area contributed by atoms with Gasteiger partial charge in [0.15, 0.2) is 0 Å². The first-order chi connectivity index (χ1) is 12.5. The van der Waals surface area contributed by atoms with Crippen molar-refractivity contribution in [2.24, 2.45) is 5.92 Å². The van der Waals surface area contributed by atoms with Crippen LogP contribution in [0.3, 0.4) is 0 Å². The Morgan fingerprint density at radius 2 is 1.81 bits per heavy atom. The number of hydrogen-bond acceptors (Lipinski definition) is 3. The van der Waals surface area contributed by atoms with Crippen molar-refractivity contribution in [1.82, 2.24) is 4.90 Å². The topological polar surface area (TPSA) is 49.8 Å². The smallest absolute Gasteiger partial charge is 0.335 e. The van der Waals surface area contributed by atoms with Crippen molar-refractivity contribution in [1.29, 1.82) is 0 Å². The van der Waals surface area contributed by atoms with Crippen molar-refractivity contribution in [3.8, 4) is 5.75 Å². The van der Waals surface area contributed by atoms with Gasteiger partial charge in [0.05, 0.1) is 12.2 Å². The summed E-state index contributed by atoms with van der Waals surface area (Å²) in [7, 11) is 0. The number of halogens is 2. The molecule has 0 aromatic heterocycles. The van der Waals surface area contributed by atoms with E-state index in [0.717, 1.165) is 38.0 Å². The van der Waals surface area contributed by atoms with E-state index in [2.05, 4.69) is 4.90 Å². The molecule has 2 aromatic rings. The molecule has 0 spiro atoms. The lowest BCUT2D eigenvalue weighted by Crippen LogP contribution is -2.35. The predicted molar refractivity (Wildman–Crippen MR) is 103 cm³/mol. The van der Waals surface area contributed by atoms with Crippen molar-refractivity contribution < 1.29 is 14.6 Å². The van der Waals surface area contributed by atoms with E-state index in [9.17, 15) is 4.79 Å². The summed E-state index contributed by atoms with van der Waals surface area (Å²) < 4.78 is 5.85. The van der Waals surface area contributed by atoms with Gasteiger partial charge < -0.3 is 9.84 Å². The van der Waals surface area contributed by atoms with Gasteiger partial charge in [-0.05, 0) is 67.7 Å². The molecule has 0 saturated carbocycles. The molecule has 1 saturated heterocycles. The van der Waals surface area contributed by atoms with Crippen LogP contribution in [0.1, 0.15) is 28.8 Å². The number of ether oxygens (including phenoxy) is 1. The van der Waals surface area contributed by atoms with E-state index in [-0.39, 0.29) is 0 Å². The minimum atomic E-state index is -0.885. The van der Waals surface area contributed by atoms with Crippen LogP contribution in [0.15, 0.2) is 42.5 Å². The molecule has 0 bridgehead atoms. The van der Waals surface area contributed by atoms with Gasteiger partial charge in [-0.1, -0.05) is 35.3 Å². The molecule has 26 heavy (non-hydrogen) atoms. The van der Waals surface area contributed by atoms with Crippen molar-refractivity contribution in [3.05, 3.63) is 63.6 Å². The zero-order valence-electron chi connectivity index (χ0n) is 14.3. The molecule has 4 nitrogen and oxygen atoms in total. The third kappa shape index (κ3) is 5.37. The monoisotopic (exact) mass is 393 g/mol. The lowest BCUT2D eigenvalue weighted by atomic mass is 9.97. The molecule has 1 N–H and O–H groups in total. The normalized spacial score (nSPS) is 15.8. The SMILES string of the molecule is O=C(O)c1cccc(CN2CCC(COc3cc(Cl)cc(Cl)c3)CC2)c1. The van der Waals surface area contributed by atoms with Crippen molar-refractivity contribution in [3.63, 3.8) is 0 Å². The van der Waals surface area contributed by atoms with Crippen LogP contribution in [0.4, 0.5) is 0 Å². The van der Waals surface area contributed by atoms with Gasteiger partial charge in [0.25, 0.3) is 0 Å². The standard InChI is InChI=1S/C20H21Cl2NO3/c21-17-9-18(22)11-19(10-17)26-13-14-4-6-23(7-5-14)12-15-2-1-3-16(8-15)20(24)25/h1-3,8-11,14H,4-7,12-13H2,(H,24,25). The summed E-state index contributed by atoms with van der Waals surface area (Å²) >= 11 is 12.0. The second-order valence-electron chi connectivity index (χ2n) is 6.64. The molecule has 2 aromatic carbocycles. The molecule has 1 aliphatic heterocycles. The van der Waals surface area contributed by atoms with Crippen LogP contribution in [-0.2, 0) is 6.54 Å². The van der Waals surface area contributed by atoms with Crippen LogP contribution in [0.25, 0.3) is 0 Å². The maximum Gasteiger partial charge on any atom is 0.335 e. The number of carbonyl (C=O) groups is 1. The molecule has 0 radical (unpaired) electrons. The highest BCUT2D eigenvalue weighted by Gasteiger charge is 2.20. The zero-order chi connectivity index (χ0) is 18.5. The maximum atomic E-state index is 11.1. The number of nitrogens with zero attached hydrogens (tertiary/aromatic N) is 1. The second-order valence-corrected chi connectivity index (χ2v) is 7.51. The molecule has 0 unspecified atom stereocenters. The molecule has 1 fully saturated rings. The molecule has 0 atom stereocenters. The molecular weight excluding hydrogens is 373 g/mol. The predicted octanol–water partition coefficient (Wildman–Crippen LogP) is 4.98. The summed E-state index contributed by atoms with van der Waals surface area (Å²) in [4.78, 5) is 13.4. The van der Waals surface area contributed by atoms with E-state index >= 15 is 0 Å². The molecular formula is C20H21Cl2NO3. The average Bonchev–Trinajstić information content (AvgIpc) is 2.60. The fourth-order valence-electron chi connectivity index (χ4n) is 3.20. The number of carboxylic acids is 1. The van der Waals surface area contributed by atoms with Crippen molar-refractivity contribution in [2.45, 2.75) is 19.4 Å². The minimum absolute atomic E-state index is 0.339. The first-order valence-corrected chi connectivity index (χ1v) is 9.38. The van der Waals surface area contributed by atoms with Gasteiger partial charge in [-0.3, -0.25) is 4.90 Å². The number of carboxylic acid groups (broad SMARTS) is 1. The Balaban J connectivity index is 1.47. The van der Waals surface area contributed by atoms with E-state index in [4.69, 9.17) is 33.0 Å². The highest BCUT2D eigenvalue weighted by atomic mass is 35.5. The molecule has 3 rings (SSSR count). The second kappa shape index (κ2) is 8.76. The molecule has 0 aliphatic carbocycles. The summed E-state index contributed by atoms with van der Waals surface area (Å²) in [5.74, 6) is 0.314. The number of aromatic carboxylic acids is 1. The van der Waals surface area contributed by atoms with Gasteiger partial charge in [-0.15, -0.1) is 0 Å². The van der Waals surface area contributed by atoms with Crippen LogP contribution in [0, 0.1) is 5.92 Å². The number of piperidine rings is 1. The highest BCUT2D eigenvalue weighted by Crippen LogP contribution is 2.26. The molecule has 1 heterocycles. The highest BCUT2D eigenvalue weighted by molar-refractivity contribution is 6.34. The largest absolute Gasteiger partial charge is 0.493 e. The molecule has 138 valence electrons. The van der Waals surface area contributed by atoms with E-state index in [1.807, 2.05) is 6.07 Å². The summed E-state index contributed by atoms with van der Waals surface area (Å²) in [5, 5.41) is 10.2. The van der Waals surface area contributed by atoms with Gasteiger partial charge in [-0.25, -0.2) is 4.79 Å². The maximum absolute atomic E-state index is 11.1. The summed E-state index contributed by atoms with van der Waals surface area (Å²) in [6.07, 6.45) is 2.10. The van der Waals surface area contributed by atoms with E-state index in [1.165, 1.54) is 0 Å². The summed E-state index contributed by atoms with van der Waals surface area (Å²) in [6, 6.07) is 12.4. The third-order valence-corrected chi connectivity index (χ3v) is 5.05. The molecule has 0 amide bonds. The van der Waals surface area contributed by atoms with E-state index in [1.54, 1.807) is 36.4 Å². The Bertz CT molecular complexity index is 753. The Labute approximate surface area is 163 Å².